The van der Waals surface area contributed by atoms with Gasteiger partial charge in [0.2, 0.25) is 5.43 Å². The third-order valence-corrected chi connectivity index (χ3v) is 6.91. The van der Waals surface area contributed by atoms with Crippen molar-refractivity contribution in [2.75, 3.05) is 38.8 Å². The van der Waals surface area contributed by atoms with Gasteiger partial charge >= 0.3 is 5.97 Å². The highest BCUT2D eigenvalue weighted by Crippen LogP contribution is 2.37. The number of aromatic nitrogens is 2. The molecule has 206 valence electrons. The minimum Gasteiger partial charge on any atom is -0.493 e. The van der Waals surface area contributed by atoms with Crippen molar-refractivity contribution in [1.29, 1.82) is 0 Å². The Morgan fingerprint density at radius 3 is 2.54 bits per heavy atom. The smallest absolute Gasteiger partial charge is 0.341 e. The quantitative estimate of drug-likeness (QED) is 0.390. The molecule has 11 nitrogen and oxygen atoms in total. The monoisotopic (exact) mass is 543 g/mol. The highest BCUT2D eigenvalue weighted by atomic mass is 19.1. The van der Waals surface area contributed by atoms with Crippen molar-refractivity contribution in [1.82, 2.24) is 9.55 Å². The number of ether oxygens (including phenoxy) is 2. The summed E-state index contributed by atoms with van der Waals surface area (Å²) in [5, 5.41) is 13.5. The standard InChI is InChI=1S/C26H27F2N5O6/c1-37-21-5-13(18(27)7-22(21)38-2)12-39-31-20-11-32(9-14(20)8-29)25-19(28)6-16-23(34)17(26(35)36)10-33(15-3-4-15)24(16)30-25/h5-7,10,14-15H,3-4,8-9,11-12,29H2,1-2H3,(H,35,36)/b31-20+. The minimum atomic E-state index is -1.38. The molecule has 0 spiro atoms. The number of carbonyl (C=O) groups is 1. The van der Waals surface area contributed by atoms with Gasteiger partial charge in [0.05, 0.1) is 31.9 Å². The first kappa shape index (κ1) is 26.4. The van der Waals surface area contributed by atoms with Gasteiger partial charge in [-0.2, -0.15) is 0 Å². The lowest BCUT2D eigenvalue weighted by Crippen LogP contribution is -2.26. The number of hydrogen-bond donors (Lipinski definition) is 2. The summed E-state index contributed by atoms with van der Waals surface area (Å²) < 4.78 is 41.6. The Morgan fingerprint density at radius 2 is 1.90 bits per heavy atom. The summed E-state index contributed by atoms with van der Waals surface area (Å²) in [5.74, 6) is -2.39. The molecule has 39 heavy (non-hydrogen) atoms. The molecule has 1 atom stereocenters. The van der Waals surface area contributed by atoms with E-state index in [0.717, 1.165) is 18.9 Å². The number of aromatic carboxylic acids is 1. The zero-order valence-corrected chi connectivity index (χ0v) is 21.3. The summed E-state index contributed by atoms with van der Waals surface area (Å²) >= 11 is 0. The molecule has 2 fully saturated rings. The Balaban J connectivity index is 1.42. The van der Waals surface area contributed by atoms with E-state index in [-0.39, 0.29) is 59.8 Å². The maximum absolute atomic E-state index is 15.3. The van der Waals surface area contributed by atoms with E-state index in [4.69, 9.17) is 20.0 Å². The number of benzene rings is 1. The van der Waals surface area contributed by atoms with Gasteiger partial charge < -0.3 is 34.6 Å². The largest absolute Gasteiger partial charge is 0.493 e. The van der Waals surface area contributed by atoms with Crippen LogP contribution in [0.5, 0.6) is 11.5 Å². The number of anilines is 1. The van der Waals surface area contributed by atoms with Crippen molar-refractivity contribution in [2.24, 2.45) is 16.8 Å². The lowest BCUT2D eigenvalue weighted by atomic mass is 10.1. The topological polar surface area (TPSA) is 142 Å². The van der Waals surface area contributed by atoms with E-state index in [9.17, 15) is 19.1 Å². The van der Waals surface area contributed by atoms with Gasteiger partial charge in [0, 0.05) is 42.9 Å². The molecule has 1 saturated heterocycles. The molecule has 2 aliphatic rings. The summed E-state index contributed by atoms with van der Waals surface area (Å²) in [5.41, 5.74) is 5.68. The summed E-state index contributed by atoms with van der Waals surface area (Å²) in [6.45, 7) is 0.453. The maximum atomic E-state index is 15.3. The number of hydrogen-bond acceptors (Lipinski definition) is 9. The van der Waals surface area contributed by atoms with Crippen molar-refractivity contribution in [3.8, 4) is 11.5 Å². The lowest BCUT2D eigenvalue weighted by Gasteiger charge is -2.19. The zero-order chi connectivity index (χ0) is 27.8. The number of rotatable bonds is 9. The summed E-state index contributed by atoms with van der Waals surface area (Å²) in [7, 11) is 2.85. The van der Waals surface area contributed by atoms with Gasteiger partial charge in [-0.05, 0) is 25.0 Å². The SMILES string of the molecule is COc1cc(F)c(CO/N=C2\CN(c3nc4c(cc3F)c(=O)c(C(=O)O)cn4C3CC3)CC2CN)cc1OC. The van der Waals surface area contributed by atoms with Gasteiger partial charge in [0.15, 0.2) is 23.1 Å². The molecular formula is C26H27F2N5O6. The maximum Gasteiger partial charge on any atom is 0.341 e. The van der Waals surface area contributed by atoms with Crippen LogP contribution in [-0.2, 0) is 11.4 Å². The van der Waals surface area contributed by atoms with Crippen LogP contribution in [0.3, 0.4) is 0 Å². The van der Waals surface area contributed by atoms with Crippen LogP contribution in [0.15, 0.2) is 34.3 Å². The molecule has 1 aliphatic heterocycles. The molecule has 1 aromatic carbocycles. The molecule has 3 heterocycles. The van der Waals surface area contributed by atoms with Crippen molar-refractivity contribution in [3.63, 3.8) is 0 Å². The second-order valence-corrected chi connectivity index (χ2v) is 9.45. The third-order valence-electron chi connectivity index (χ3n) is 6.91. The van der Waals surface area contributed by atoms with Crippen LogP contribution in [0.25, 0.3) is 11.0 Å². The number of fused-ring (bicyclic) bond motifs is 1. The first-order chi connectivity index (χ1) is 18.7. The van der Waals surface area contributed by atoms with Gasteiger partial charge in [-0.3, -0.25) is 4.79 Å². The number of oxime groups is 1. The molecule has 5 rings (SSSR count). The molecule has 3 aromatic rings. The van der Waals surface area contributed by atoms with Crippen LogP contribution < -0.4 is 25.5 Å². The van der Waals surface area contributed by atoms with Crippen molar-refractivity contribution >= 4 is 28.5 Å². The summed E-state index contributed by atoms with van der Waals surface area (Å²) in [6, 6.07) is 3.68. The van der Waals surface area contributed by atoms with Gasteiger partial charge in [0.1, 0.15) is 23.6 Å². The zero-order valence-electron chi connectivity index (χ0n) is 21.3. The van der Waals surface area contributed by atoms with Gasteiger partial charge in [-0.1, -0.05) is 5.16 Å². The number of nitrogens with zero attached hydrogens (tertiary/aromatic N) is 4. The summed E-state index contributed by atoms with van der Waals surface area (Å²) in [4.78, 5) is 35.8. The normalized spacial score (nSPS) is 18.1. The molecule has 1 saturated carbocycles. The molecule has 13 heteroatoms. The van der Waals surface area contributed by atoms with E-state index in [2.05, 4.69) is 10.1 Å². The Hall–Kier alpha value is -4.26. The number of carboxylic acids is 1. The van der Waals surface area contributed by atoms with E-state index in [1.165, 1.54) is 32.5 Å². The van der Waals surface area contributed by atoms with Crippen molar-refractivity contribution in [3.05, 3.63) is 57.4 Å². The highest BCUT2D eigenvalue weighted by molar-refractivity contribution is 5.95. The van der Waals surface area contributed by atoms with Crippen molar-refractivity contribution < 1.29 is 33.0 Å². The van der Waals surface area contributed by atoms with Crippen LogP contribution in [-0.4, -0.2) is 60.2 Å². The van der Waals surface area contributed by atoms with Gasteiger partial charge in [-0.15, -0.1) is 0 Å². The highest BCUT2D eigenvalue weighted by Gasteiger charge is 2.33. The van der Waals surface area contributed by atoms with Gasteiger partial charge in [-0.25, -0.2) is 18.6 Å². The molecule has 0 radical (unpaired) electrons. The molecule has 1 aliphatic carbocycles. The van der Waals surface area contributed by atoms with Crippen LogP contribution in [0.2, 0.25) is 0 Å². The lowest BCUT2D eigenvalue weighted by molar-refractivity contribution is 0.0694. The summed E-state index contributed by atoms with van der Waals surface area (Å²) in [6.07, 6.45) is 2.89. The molecule has 0 amide bonds. The fraction of sp³-hybridized carbons (Fsp3) is 0.385. The Labute approximate surface area is 221 Å². The molecule has 1 unspecified atom stereocenters. The van der Waals surface area contributed by atoms with E-state index in [1.807, 2.05) is 0 Å². The molecular weight excluding hydrogens is 516 g/mol. The first-order valence-electron chi connectivity index (χ1n) is 12.3. The number of nitrogens with two attached hydrogens (primary N) is 1. The van der Waals surface area contributed by atoms with Crippen LogP contribution in [0.1, 0.15) is 34.8 Å². The second kappa shape index (κ2) is 10.5. The fourth-order valence-corrected chi connectivity index (χ4v) is 4.67. The van der Waals surface area contributed by atoms with Crippen LogP contribution in [0.4, 0.5) is 14.6 Å². The van der Waals surface area contributed by atoms with Crippen LogP contribution in [0, 0.1) is 17.6 Å². The second-order valence-electron chi connectivity index (χ2n) is 9.45. The number of halogens is 2. The average Bonchev–Trinajstić information content (AvgIpc) is 3.68. The predicted molar refractivity (Wildman–Crippen MR) is 138 cm³/mol. The van der Waals surface area contributed by atoms with Gasteiger partial charge in [0.25, 0.3) is 0 Å². The fourth-order valence-electron chi connectivity index (χ4n) is 4.67. The molecule has 2 aromatic heterocycles. The Bertz CT molecular complexity index is 1540. The third kappa shape index (κ3) is 4.97. The first-order valence-corrected chi connectivity index (χ1v) is 12.3. The Morgan fingerprint density at radius 1 is 1.18 bits per heavy atom. The minimum absolute atomic E-state index is 0.00474. The van der Waals surface area contributed by atoms with E-state index in [1.54, 1.807) is 9.47 Å². The number of methoxy groups -OCH3 is 2. The molecule has 3 N–H and O–H groups in total. The average molecular weight is 544 g/mol. The number of pyridine rings is 2. The van der Waals surface area contributed by atoms with E-state index >= 15 is 4.39 Å². The van der Waals surface area contributed by atoms with E-state index in [0.29, 0.717) is 18.0 Å². The Kier molecular flexibility index (Phi) is 7.08. The van der Waals surface area contributed by atoms with Crippen molar-refractivity contribution in [2.45, 2.75) is 25.5 Å². The van der Waals surface area contributed by atoms with Crippen LogP contribution >= 0.6 is 0 Å². The number of carboxylic acid groups (broad SMARTS) is 1. The molecule has 0 bridgehead atoms. The predicted octanol–water partition coefficient (Wildman–Crippen LogP) is 2.69. The van der Waals surface area contributed by atoms with E-state index < -0.39 is 28.6 Å².